The van der Waals surface area contributed by atoms with Crippen LogP contribution in [0.25, 0.3) is 0 Å². The molecule has 1 aliphatic rings. The summed E-state index contributed by atoms with van der Waals surface area (Å²) in [6.45, 7) is 8.71. The zero-order valence-corrected chi connectivity index (χ0v) is 12.6. The van der Waals surface area contributed by atoms with Crippen LogP contribution < -0.4 is 10.1 Å². The lowest BCUT2D eigenvalue weighted by Gasteiger charge is -2.40. The Morgan fingerprint density at radius 3 is 2.35 bits per heavy atom. The quantitative estimate of drug-likeness (QED) is 0.902. The molecule has 0 spiro atoms. The van der Waals surface area contributed by atoms with Crippen LogP contribution in [0.4, 0.5) is 4.79 Å². The first-order chi connectivity index (χ1) is 9.45. The van der Waals surface area contributed by atoms with E-state index in [0.717, 1.165) is 25.9 Å². The van der Waals surface area contributed by atoms with Crippen LogP contribution in [-0.4, -0.2) is 35.7 Å². The van der Waals surface area contributed by atoms with Gasteiger partial charge in [0, 0.05) is 24.7 Å². The van der Waals surface area contributed by atoms with E-state index in [2.05, 4.69) is 31.0 Å². The van der Waals surface area contributed by atoms with Gasteiger partial charge in [0.15, 0.2) is 0 Å². The van der Waals surface area contributed by atoms with Gasteiger partial charge in [0.25, 0.3) is 0 Å². The average Bonchev–Trinajstić information content (AvgIpc) is 2.39. The van der Waals surface area contributed by atoms with Crippen molar-refractivity contribution >= 4 is 6.09 Å². The van der Waals surface area contributed by atoms with Crippen molar-refractivity contribution in [3.05, 3.63) is 30.3 Å². The number of nitrogens with zero attached hydrogens (tertiary/aromatic N) is 1. The molecule has 0 aromatic heterocycles. The van der Waals surface area contributed by atoms with Crippen molar-refractivity contribution < 1.29 is 9.53 Å². The molecule has 20 heavy (non-hydrogen) atoms. The largest absolute Gasteiger partial charge is 0.412 e. The summed E-state index contributed by atoms with van der Waals surface area (Å²) < 4.78 is 5.25. The van der Waals surface area contributed by atoms with E-state index in [0.29, 0.717) is 5.75 Å². The fourth-order valence-corrected chi connectivity index (χ4v) is 2.49. The Morgan fingerprint density at radius 2 is 1.80 bits per heavy atom. The Morgan fingerprint density at radius 1 is 1.20 bits per heavy atom. The highest BCUT2D eigenvalue weighted by atomic mass is 16.6. The topological polar surface area (TPSA) is 41.6 Å². The number of ether oxygens (including phenoxy) is 1. The van der Waals surface area contributed by atoms with E-state index < -0.39 is 0 Å². The van der Waals surface area contributed by atoms with E-state index >= 15 is 0 Å². The standard InChI is InChI=1S/C16H24N2O2/c1-16(2,3)18-11-9-13(10-12-18)17-15(19)20-14-7-5-4-6-8-14/h4-8,13H,9-12H2,1-3H3,(H,17,19). The molecule has 4 heteroatoms. The van der Waals surface area contributed by atoms with Crippen molar-refractivity contribution in [3.8, 4) is 5.75 Å². The maximum atomic E-state index is 11.8. The molecule has 1 heterocycles. The highest BCUT2D eigenvalue weighted by Gasteiger charge is 2.27. The van der Waals surface area contributed by atoms with Gasteiger partial charge >= 0.3 is 6.09 Å². The Labute approximate surface area is 121 Å². The van der Waals surface area contributed by atoms with Crippen molar-refractivity contribution in [2.45, 2.75) is 45.2 Å². The molecule has 1 fully saturated rings. The second-order valence-electron chi connectivity index (χ2n) is 6.28. The number of carbonyl (C=O) groups is 1. The van der Waals surface area contributed by atoms with Gasteiger partial charge in [-0.3, -0.25) is 4.90 Å². The van der Waals surface area contributed by atoms with Gasteiger partial charge in [0.2, 0.25) is 0 Å². The van der Waals surface area contributed by atoms with Crippen LogP contribution in [0.15, 0.2) is 30.3 Å². The fraction of sp³-hybridized carbons (Fsp3) is 0.562. The second kappa shape index (κ2) is 6.27. The maximum Gasteiger partial charge on any atom is 0.412 e. The lowest BCUT2D eigenvalue weighted by molar-refractivity contribution is 0.0957. The normalized spacial score (nSPS) is 17.8. The summed E-state index contributed by atoms with van der Waals surface area (Å²) >= 11 is 0. The van der Waals surface area contributed by atoms with Crippen LogP contribution in [0.5, 0.6) is 5.75 Å². The number of para-hydroxylation sites is 1. The van der Waals surface area contributed by atoms with Crippen molar-refractivity contribution in [3.63, 3.8) is 0 Å². The van der Waals surface area contributed by atoms with Gasteiger partial charge in [-0.2, -0.15) is 0 Å². The third-order valence-electron chi connectivity index (χ3n) is 3.72. The minimum absolute atomic E-state index is 0.204. The Balaban J connectivity index is 1.77. The lowest BCUT2D eigenvalue weighted by Crippen LogP contribution is -2.51. The summed E-state index contributed by atoms with van der Waals surface area (Å²) in [4.78, 5) is 14.3. The minimum atomic E-state index is -0.356. The third-order valence-corrected chi connectivity index (χ3v) is 3.72. The predicted molar refractivity (Wildman–Crippen MR) is 79.9 cm³/mol. The summed E-state index contributed by atoms with van der Waals surface area (Å²) in [7, 11) is 0. The van der Waals surface area contributed by atoms with Gasteiger partial charge < -0.3 is 10.1 Å². The number of hydrogen-bond acceptors (Lipinski definition) is 3. The first-order valence-electron chi connectivity index (χ1n) is 7.23. The first-order valence-corrected chi connectivity index (χ1v) is 7.23. The molecule has 1 N–H and O–H groups in total. The second-order valence-corrected chi connectivity index (χ2v) is 6.28. The molecule has 2 rings (SSSR count). The molecule has 0 atom stereocenters. The molecule has 110 valence electrons. The van der Waals surface area contributed by atoms with Crippen molar-refractivity contribution in [1.82, 2.24) is 10.2 Å². The van der Waals surface area contributed by atoms with Crippen LogP contribution in [0.1, 0.15) is 33.6 Å². The molecule has 0 aliphatic carbocycles. The number of piperidine rings is 1. The summed E-state index contributed by atoms with van der Waals surface area (Å²) in [5, 5.41) is 2.95. The van der Waals surface area contributed by atoms with Gasteiger partial charge in [-0.1, -0.05) is 18.2 Å². The van der Waals surface area contributed by atoms with Gasteiger partial charge in [-0.05, 0) is 45.7 Å². The van der Waals surface area contributed by atoms with Crippen LogP contribution in [-0.2, 0) is 0 Å². The molecule has 0 bridgehead atoms. The van der Waals surface area contributed by atoms with Gasteiger partial charge in [0.1, 0.15) is 5.75 Å². The van der Waals surface area contributed by atoms with Gasteiger partial charge in [0.05, 0.1) is 0 Å². The predicted octanol–water partition coefficient (Wildman–Crippen LogP) is 3.04. The molecule has 4 nitrogen and oxygen atoms in total. The van der Waals surface area contributed by atoms with Crippen LogP contribution in [0.2, 0.25) is 0 Å². The molecule has 0 radical (unpaired) electrons. The highest BCUT2D eigenvalue weighted by molar-refractivity contribution is 5.70. The number of carbonyl (C=O) groups excluding carboxylic acids is 1. The maximum absolute atomic E-state index is 11.8. The molecule has 0 saturated carbocycles. The highest BCUT2D eigenvalue weighted by Crippen LogP contribution is 2.20. The van der Waals surface area contributed by atoms with Crippen molar-refractivity contribution in [1.29, 1.82) is 0 Å². The number of rotatable bonds is 2. The number of amides is 1. The van der Waals surface area contributed by atoms with E-state index in [1.54, 1.807) is 12.1 Å². The Kier molecular flexibility index (Phi) is 4.65. The molecule has 1 aliphatic heterocycles. The zero-order chi connectivity index (χ0) is 14.6. The summed E-state index contributed by atoms with van der Waals surface area (Å²) in [6, 6.07) is 9.37. The SMILES string of the molecule is CC(C)(C)N1CCC(NC(=O)Oc2ccccc2)CC1. The molecule has 1 saturated heterocycles. The molecular weight excluding hydrogens is 252 g/mol. The van der Waals surface area contributed by atoms with Gasteiger partial charge in [-0.25, -0.2) is 4.79 Å². The van der Waals surface area contributed by atoms with E-state index in [-0.39, 0.29) is 17.7 Å². The van der Waals surface area contributed by atoms with Crippen LogP contribution >= 0.6 is 0 Å². The molecule has 1 aromatic carbocycles. The summed E-state index contributed by atoms with van der Waals surface area (Å²) in [5.74, 6) is 0.581. The minimum Gasteiger partial charge on any atom is -0.410 e. The smallest absolute Gasteiger partial charge is 0.410 e. The van der Waals surface area contributed by atoms with Crippen LogP contribution in [0.3, 0.4) is 0 Å². The van der Waals surface area contributed by atoms with E-state index in [1.807, 2.05) is 18.2 Å². The number of likely N-dealkylation sites (tertiary alicyclic amines) is 1. The van der Waals surface area contributed by atoms with E-state index in [1.165, 1.54) is 0 Å². The first kappa shape index (κ1) is 14.9. The number of hydrogen-bond donors (Lipinski definition) is 1. The Bertz CT molecular complexity index is 432. The average molecular weight is 276 g/mol. The molecular formula is C16H24N2O2. The van der Waals surface area contributed by atoms with Crippen molar-refractivity contribution in [2.24, 2.45) is 0 Å². The van der Waals surface area contributed by atoms with Crippen molar-refractivity contribution in [2.75, 3.05) is 13.1 Å². The third kappa shape index (κ3) is 4.23. The molecule has 1 amide bonds. The summed E-state index contributed by atoms with van der Waals surface area (Å²) in [6.07, 6.45) is 1.59. The fourth-order valence-electron chi connectivity index (χ4n) is 2.49. The van der Waals surface area contributed by atoms with Gasteiger partial charge in [-0.15, -0.1) is 0 Å². The van der Waals surface area contributed by atoms with E-state index in [9.17, 15) is 4.79 Å². The van der Waals surface area contributed by atoms with E-state index in [4.69, 9.17) is 4.74 Å². The molecule has 1 aromatic rings. The summed E-state index contributed by atoms with van der Waals surface area (Å²) in [5.41, 5.74) is 0.204. The Hall–Kier alpha value is -1.55. The number of nitrogens with one attached hydrogen (secondary N) is 1. The zero-order valence-electron chi connectivity index (χ0n) is 12.6. The number of benzene rings is 1. The van der Waals surface area contributed by atoms with Crippen LogP contribution in [0, 0.1) is 0 Å². The molecule has 0 unspecified atom stereocenters. The monoisotopic (exact) mass is 276 g/mol. The lowest BCUT2D eigenvalue weighted by atomic mass is 9.98.